The van der Waals surface area contributed by atoms with E-state index >= 15 is 0 Å². The van der Waals surface area contributed by atoms with E-state index in [1.807, 2.05) is 0 Å². The Morgan fingerprint density at radius 3 is 2.86 bits per heavy atom. The quantitative estimate of drug-likeness (QED) is 0.927. The Morgan fingerprint density at radius 1 is 1.45 bits per heavy atom. The fraction of sp³-hybridized carbons (Fsp3) is 0.294. The second kappa shape index (κ2) is 5.40. The fourth-order valence-electron chi connectivity index (χ4n) is 3.00. The molecule has 0 radical (unpaired) electrons. The van der Waals surface area contributed by atoms with E-state index in [4.69, 9.17) is 4.42 Å². The number of amides is 1. The van der Waals surface area contributed by atoms with Gasteiger partial charge in [0, 0.05) is 18.1 Å². The molecule has 0 bridgehead atoms. The lowest BCUT2D eigenvalue weighted by molar-refractivity contribution is -0.119. The van der Waals surface area contributed by atoms with Crippen molar-refractivity contribution in [3.63, 3.8) is 0 Å². The molecule has 0 saturated heterocycles. The Balaban J connectivity index is 2.17. The molecular formula is C17H16FNO3. The van der Waals surface area contributed by atoms with Crippen LogP contribution in [0.1, 0.15) is 34.8 Å². The van der Waals surface area contributed by atoms with E-state index in [2.05, 4.69) is 5.32 Å². The highest BCUT2D eigenvalue weighted by Gasteiger charge is 2.33. The van der Waals surface area contributed by atoms with E-state index in [1.165, 1.54) is 19.3 Å². The van der Waals surface area contributed by atoms with Crippen LogP contribution in [0.3, 0.4) is 0 Å². The number of hydrogen-bond donors (Lipinski definition) is 1. The van der Waals surface area contributed by atoms with E-state index < -0.39 is 6.04 Å². The number of furan rings is 1. The molecule has 0 fully saturated rings. The summed E-state index contributed by atoms with van der Waals surface area (Å²) in [5, 5.41) is 2.67. The van der Waals surface area contributed by atoms with Crippen LogP contribution in [0.5, 0.6) is 0 Å². The van der Waals surface area contributed by atoms with Gasteiger partial charge in [0.1, 0.15) is 11.6 Å². The van der Waals surface area contributed by atoms with Gasteiger partial charge in [-0.3, -0.25) is 9.59 Å². The molecule has 4 nitrogen and oxygen atoms in total. The van der Waals surface area contributed by atoms with Crippen LogP contribution in [0.2, 0.25) is 0 Å². The van der Waals surface area contributed by atoms with Gasteiger partial charge < -0.3 is 9.73 Å². The third-order valence-electron chi connectivity index (χ3n) is 4.06. The van der Waals surface area contributed by atoms with Crippen molar-refractivity contribution in [2.45, 2.75) is 32.7 Å². The molecule has 114 valence electrons. The summed E-state index contributed by atoms with van der Waals surface area (Å²) in [4.78, 5) is 24.0. The Kier molecular flexibility index (Phi) is 3.56. The van der Waals surface area contributed by atoms with Gasteiger partial charge >= 0.3 is 0 Å². The number of benzene rings is 1. The molecule has 1 unspecified atom stereocenters. The zero-order chi connectivity index (χ0) is 15.9. The summed E-state index contributed by atoms with van der Waals surface area (Å²) in [6.07, 6.45) is 2.51. The van der Waals surface area contributed by atoms with Gasteiger partial charge in [0.25, 0.3) is 0 Å². The molecule has 3 rings (SSSR count). The van der Waals surface area contributed by atoms with Crippen molar-refractivity contribution in [2.75, 3.05) is 0 Å². The number of halogens is 1. The van der Waals surface area contributed by atoms with Gasteiger partial charge in [-0.15, -0.1) is 0 Å². The molecule has 1 aromatic heterocycles. The number of Topliss-reactive ketones (excluding diaryl/α,β-unsaturated/α-hetero) is 1. The van der Waals surface area contributed by atoms with Crippen molar-refractivity contribution in [1.82, 2.24) is 5.32 Å². The zero-order valence-corrected chi connectivity index (χ0v) is 12.4. The van der Waals surface area contributed by atoms with Gasteiger partial charge in [0.2, 0.25) is 5.91 Å². The summed E-state index contributed by atoms with van der Waals surface area (Å²) in [6, 6.07) is 4.15. The van der Waals surface area contributed by atoms with Crippen molar-refractivity contribution in [2.24, 2.45) is 0 Å². The SMILES string of the molecule is CC(=O)NC1CCc2c(C)c(F)cc(-c3ccco3)c2C1=O. The Morgan fingerprint density at radius 2 is 2.23 bits per heavy atom. The van der Waals surface area contributed by atoms with Crippen LogP contribution in [-0.4, -0.2) is 17.7 Å². The maximum atomic E-state index is 14.2. The van der Waals surface area contributed by atoms with E-state index in [1.54, 1.807) is 19.1 Å². The molecule has 1 atom stereocenters. The normalized spacial score (nSPS) is 17.2. The first-order valence-corrected chi connectivity index (χ1v) is 7.16. The van der Waals surface area contributed by atoms with Crippen LogP contribution < -0.4 is 5.32 Å². The van der Waals surface area contributed by atoms with E-state index in [0.29, 0.717) is 40.9 Å². The maximum absolute atomic E-state index is 14.2. The van der Waals surface area contributed by atoms with Crippen LogP contribution >= 0.6 is 0 Å². The molecular weight excluding hydrogens is 285 g/mol. The molecule has 0 aliphatic heterocycles. The molecule has 1 N–H and O–H groups in total. The largest absolute Gasteiger partial charge is 0.464 e. The van der Waals surface area contributed by atoms with E-state index in [0.717, 1.165) is 0 Å². The molecule has 2 aromatic rings. The monoisotopic (exact) mass is 301 g/mol. The van der Waals surface area contributed by atoms with Crippen LogP contribution in [0.15, 0.2) is 28.9 Å². The predicted octanol–water partition coefficient (Wildman–Crippen LogP) is 3.03. The molecule has 0 spiro atoms. The predicted molar refractivity (Wildman–Crippen MR) is 79.1 cm³/mol. The third-order valence-corrected chi connectivity index (χ3v) is 4.06. The summed E-state index contributed by atoms with van der Waals surface area (Å²) in [5.74, 6) is -0.339. The summed E-state index contributed by atoms with van der Waals surface area (Å²) in [6.45, 7) is 3.05. The Labute approximate surface area is 127 Å². The minimum atomic E-state index is -0.566. The Bertz CT molecular complexity index is 750. The first-order chi connectivity index (χ1) is 10.5. The minimum absolute atomic E-state index is 0.189. The summed E-state index contributed by atoms with van der Waals surface area (Å²) >= 11 is 0. The van der Waals surface area contributed by atoms with Gasteiger partial charge in [-0.05, 0) is 49.1 Å². The first kappa shape index (κ1) is 14.5. The van der Waals surface area contributed by atoms with Gasteiger partial charge in [-0.25, -0.2) is 4.39 Å². The van der Waals surface area contributed by atoms with Crippen LogP contribution in [0.4, 0.5) is 4.39 Å². The second-order valence-electron chi connectivity index (χ2n) is 5.52. The lowest BCUT2D eigenvalue weighted by Crippen LogP contribution is -2.43. The van der Waals surface area contributed by atoms with Crippen LogP contribution in [-0.2, 0) is 11.2 Å². The highest BCUT2D eigenvalue weighted by molar-refractivity contribution is 6.08. The topological polar surface area (TPSA) is 59.3 Å². The van der Waals surface area contributed by atoms with Crippen LogP contribution in [0.25, 0.3) is 11.3 Å². The van der Waals surface area contributed by atoms with Gasteiger partial charge in [0.05, 0.1) is 12.3 Å². The molecule has 0 saturated carbocycles. The third kappa shape index (κ3) is 2.32. The van der Waals surface area contributed by atoms with Gasteiger partial charge in [-0.2, -0.15) is 0 Å². The standard InChI is InChI=1S/C17H16FNO3/c1-9-11-5-6-14(19-10(2)20)17(21)16(11)12(8-13(9)18)15-4-3-7-22-15/h3-4,7-8,14H,5-6H2,1-2H3,(H,19,20). The number of ketones is 1. The van der Waals surface area contributed by atoms with Crippen LogP contribution in [0, 0.1) is 12.7 Å². The summed E-state index contributed by atoms with van der Waals surface area (Å²) < 4.78 is 19.5. The van der Waals surface area contributed by atoms with E-state index in [-0.39, 0.29) is 17.5 Å². The maximum Gasteiger partial charge on any atom is 0.217 e. The second-order valence-corrected chi connectivity index (χ2v) is 5.52. The fourth-order valence-corrected chi connectivity index (χ4v) is 3.00. The first-order valence-electron chi connectivity index (χ1n) is 7.16. The molecule has 1 amide bonds. The van der Waals surface area contributed by atoms with Gasteiger partial charge in [-0.1, -0.05) is 0 Å². The molecule has 1 aliphatic carbocycles. The number of hydrogen-bond acceptors (Lipinski definition) is 3. The molecule has 1 heterocycles. The molecule has 5 heteroatoms. The van der Waals surface area contributed by atoms with Crippen molar-refractivity contribution in [3.05, 3.63) is 47.0 Å². The van der Waals surface area contributed by atoms with Gasteiger partial charge in [0.15, 0.2) is 5.78 Å². The molecule has 22 heavy (non-hydrogen) atoms. The number of carbonyl (C=O) groups is 2. The van der Waals surface area contributed by atoms with Crippen molar-refractivity contribution >= 4 is 11.7 Å². The van der Waals surface area contributed by atoms with Crippen molar-refractivity contribution in [3.8, 4) is 11.3 Å². The zero-order valence-electron chi connectivity index (χ0n) is 12.4. The van der Waals surface area contributed by atoms with E-state index in [9.17, 15) is 14.0 Å². The molecule has 1 aliphatic rings. The number of nitrogens with one attached hydrogen (secondary N) is 1. The lowest BCUT2D eigenvalue weighted by Gasteiger charge is -2.27. The minimum Gasteiger partial charge on any atom is -0.464 e. The Hall–Kier alpha value is -2.43. The summed E-state index contributed by atoms with van der Waals surface area (Å²) in [7, 11) is 0. The smallest absolute Gasteiger partial charge is 0.217 e. The lowest BCUT2D eigenvalue weighted by atomic mass is 9.81. The molecule has 1 aromatic carbocycles. The van der Waals surface area contributed by atoms with Crippen molar-refractivity contribution < 1.29 is 18.4 Å². The number of fused-ring (bicyclic) bond motifs is 1. The number of carbonyl (C=O) groups excluding carboxylic acids is 2. The summed E-state index contributed by atoms with van der Waals surface area (Å²) in [5.41, 5.74) is 2.10. The van der Waals surface area contributed by atoms with Crippen molar-refractivity contribution in [1.29, 1.82) is 0 Å². The highest BCUT2D eigenvalue weighted by Crippen LogP contribution is 2.35. The average Bonchev–Trinajstić information content (AvgIpc) is 2.99. The average molecular weight is 301 g/mol. The number of rotatable bonds is 2. The highest BCUT2D eigenvalue weighted by atomic mass is 19.1.